The fraction of sp³-hybridized carbons (Fsp3) is 0.167. The molecule has 0 spiro atoms. The average Bonchev–Trinajstić information content (AvgIpc) is 1.83. The monoisotopic (exact) mass is 108 g/mol. The van der Waals surface area contributed by atoms with E-state index in [1.165, 1.54) is 12.4 Å². The molecule has 0 saturated carbocycles. The lowest BCUT2D eigenvalue weighted by Crippen LogP contribution is -1.86. The minimum atomic E-state index is 0.604. The third-order valence-electron chi connectivity index (χ3n) is 0.614. The zero-order valence-electron chi connectivity index (χ0n) is 4.76. The van der Waals surface area contributed by atoms with Crippen molar-refractivity contribution in [3.05, 3.63) is 11.8 Å². The van der Waals surface area contributed by atoms with Gasteiger partial charge in [0.25, 0.3) is 0 Å². The standard InChI is InChI=1S/C6H8N2/c1-3-6(4-7)5-8-2/h1,4-5H,7H2,2H3/b6-4-,8-5?. The Bertz CT molecular complexity index is 148. The maximum atomic E-state index is 5.07. The van der Waals surface area contributed by atoms with Gasteiger partial charge < -0.3 is 5.73 Å². The number of aliphatic imine (C=N–C) groups is 1. The Labute approximate surface area is 49.1 Å². The molecule has 2 nitrogen and oxygen atoms in total. The van der Waals surface area contributed by atoms with Gasteiger partial charge in [-0.3, -0.25) is 4.99 Å². The maximum absolute atomic E-state index is 5.07. The van der Waals surface area contributed by atoms with E-state index in [0.717, 1.165) is 0 Å². The minimum absolute atomic E-state index is 0.604. The van der Waals surface area contributed by atoms with Crippen molar-refractivity contribution in [2.45, 2.75) is 0 Å². The van der Waals surface area contributed by atoms with Crippen LogP contribution in [0, 0.1) is 12.3 Å². The molecular weight excluding hydrogens is 100 g/mol. The van der Waals surface area contributed by atoms with Gasteiger partial charge in [-0.2, -0.15) is 0 Å². The topological polar surface area (TPSA) is 38.4 Å². The molecule has 0 atom stereocenters. The van der Waals surface area contributed by atoms with Crippen molar-refractivity contribution in [3.63, 3.8) is 0 Å². The largest absolute Gasteiger partial charge is 0.404 e. The van der Waals surface area contributed by atoms with Gasteiger partial charge in [0.2, 0.25) is 0 Å². The summed E-state index contributed by atoms with van der Waals surface area (Å²) >= 11 is 0. The molecule has 0 aromatic heterocycles. The second-order valence-corrected chi connectivity index (χ2v) is 1.15. The summed E-state index contributed by atoms with van der Waals surface area (Å²) in [7, 11) is 1.64. The van der Waals surface area contributed by atoms with Crippen molar-refractivity contribution >= 4 is 6.21 Å². The summed E-state index contributed by atoms with van der Waals surface area (Å²) in [5, 5.41) is 0. The predicted octanol–water partition coefficient (Wildman–Crippen LogP) is 0.163. The SMILES string of the molecule is C#C/C(C=NC)=C/N. The molecule has 0 aromatic rings. The van der Waals surface area contributed by atoms with E-state index in [1.54, 1.807) is 7.05 Å². The minimum Gasteiger partial charge on any atom is -0.404 e. The molecule has 2 N–H and O–H groups in total. The summed E-state index contributed by atoms with van der Waals surface area (Å²) in [6.45, 7) is 0. The lowest BCUT2D eigenvalue weighted by atomic mass is 10.3. The van der Waals surface area contributed by atoms with Crippen LogP contribution in [0.25, 0.3) is 0 Å². The van der Waals surface area contributed by atoms with Crippen molar-refractivity contribution < 1.29 is 0 Å². The Hall–Kier alpha value is -1.23. The number of rotatable bonds is 1. The third-order valence-corrected chi connectivity index (χ3v) is 0.614. The summed E-state index contributed by atoms with van der Waals surface area (Å²) in [6, 6.07) is 0. The van der Waals surface area contributed by atoms with Crippen LogP contribution in [-0.4, -0.2) is 13.3 Å². The fourth-order valence-corrected chi connectivity index (χ4v) is 0.267. The van der Waals surface area contributed by atoms with E-state index in [1.807, 2.05) is 0 Å². The molecule has 0 heterocycles. The van der Waals surface area contributed by atoms with E-state index >= 15 is 0 Å². The summed E-state index contributed by atoms with van der Waals surface area (Å²) in [5.74, 6) is 2.34. The quantitative estimate of drug-likeness (QED) is 0.377. The first-order valence-electron chi connectivity index (χ1n) is 2.15. The summed E-state index contributed by atoms with van der Waals surface area (Å²) in [4.78, 5) is 3.66. The van der Waals surface area contributed by atoms with Gasteiger partial charge in [0.15, 0.2) is 0 Å². The zero-order valence-corrected chi connectivity index (χ0v) is 4.76. The number of hydrogen-bond donors (Lipinski definition) is 1. The van der Waals surface area contributed by atoms with Crippen LogP contribution in [0.1, 0.15) is 0 Å². The lowest BCUT2D eigenvalue weighted by molar-refractivity contribution is 1.46. The van der Waals surface area contributed by atoms with Gasteiger partial charge in [-0.25, -0.2) is 0 Å². The highest BCUT2D eigenvalue weighted by Gasteiger charge is 1.77. The number of allylic oxidation sites excluding steroid dienone is 1. The van der Waals surface area contributed by atoms with Crippen molar-refractivity contribution in [1.29, 1.82) is 0 Å². The molecule has 0 aromatic carbocycles. The van der Waals surface area contributed by atoms with Gasteiger partial charge in [0, 0.05) is 19.5 Å². The average molecular weight is 108 g/mol. The number of nitrogens with two attached hydrogens (primary N) is 1. The van der Waals surface area contributed by atoms with E-state index in [2.05, 4.69) is 10.9 Å². The molecule has 0 saturated heterocycles. The predicted molar refractivity (Wildman–Crippen MR) is 35.5 cm³/mol. The molecule has 2 heteroatoms. The van der Waals surface area contributed by atoms with E-state index in [4.69, 9.17) is 12.2 Å². The van der Waals surface area contributed by atoms with Crippen LogP contribution in [-0.2, 0) is 0 Å². The second-order valence-electron chi connectivity index (χ2n) is 1.15. The molecule has 0 amide bonds. The van der Waals surface area contributed by atoms with E-state index < -0.39 is 0 Å². The molecule has 0 aliphatic rings. The van der Waals surface area contributed by atoms with Crippen LogP contribution in [0.2, 0.25) is 0 Å². The molecule has 8 heavy (non-hydrogen) atoms. The van der Waals surface area contributed by atoms with Gasteiger partial charge in [-0.15, -0.1) is 6.42 Å². The molecular formula is C6H8N2. The highest BCUT2D eigenvalue weighted by molar-refractivity contribution is 5.83. The van der Waals surface area contributed by atoms with Crippen molar-refractivity contribution in [3.8, 4) is 12.3 Å². The van der Waals surface area contributed by atoms with Gasteiger partial charge >= 0.3 is 0 Å². The molecule has 0 fully saturated rings. The Morgan fingerprint density at radius 1 is 1.88 bits per heavy atom. The molecule has 0 rings (SSSR count). The number of hydrogen-bond acceptors (Lipinski definition) is 2. The smallest absolute Gasteiger partial charge is 0.0575 e. The Morgan fingerprint density at radius 2 is 2.50 bits per heavy atom. The van der Waals surface area contributed by atoms with Gasteiger partial charge in [-0.05, 0) is 0 Å². The van der Waals surface area contributed by atoms with Crippen LogP contribution >= 0.6 is 0 Å². The summed E-state index contributed by atoms with van der Waals surface area (Å²) < 4.78 is 0. The number of terminal acetylenes is 1. The molecule has 0 aliphatic carbocycles. The summed E-state index contributed by atoms with van der Waals surface area (Å²) in [5.41, 5.74) is 5.68. The Balaban J connectivity index is 3.98. The molecule has 0 unspecified atom stereocenters. The van der Waals surface area contributed by atoms with Crippen LogP contribution < -0.4 is 5.73 Å². The number of nitrogens with zero attached hydrogens (tertiary/aromatic N) is 1. The first-order chi connectivity index (χ1) is 3.85. The fourth-order valence-electron chi connectivity index (χ4n) is 0.267. The van der Waals surface area contributed by atoms with E-state index in [0.29, 0.717) is 5.57 Å². The zero-order chi connectivity index (χ0) is 6.41. The maximum Gasteiger partial charge on any atom is 0.0575 e. The van der Waals surface area contributed by atoms with E-state index in [9.17, 15) is 0 Å². The van der Waals surface area contributed by atoms with Gasteiger partial charge in [0.05, 0.1) is 5.57 Å². The lowest BCUT2D eigenvalue weighted by Gasteiger charge is -1.80. The van der Waals surface area contributed by atoms with Crippen LogP contribution in [0.15, 0.2) is 16.8 Å². The Morgan fingerprint density at radius 3 is 2.62 bits per heavy atom. The first-order valence-corrected chi connectivity index (χ1v) is 2.15. The van der Waals surface area contributed by atoms with Crippen LogP contribution in [0.3, 0.4) is 0 Å². The molecule has 0 radical (unpaired) electrons. The van der Waals surface area contributed by atoms with Gasteiger partial charge in [0.1, 0.15) is 0 Å². The first kappa shape index (κ1) is 6.77. The van der Waals surface area contributed by atoms with Crippen molar-refractivity contribution in [2.24, 2.45) is 10.7 Å². The second kappa shape index (κ2) is 3.94. The van der Waals surface area contributed by atoms with Crippen molar-refractivity contribution in [1.82, 2.24) is 0 Å². The van der Waals surface area contributed by atoms with Gasteiger partial charge in [-0.1, -0.05) is 5.92 Å². The van der Waals surface area contributed by atoms with Crippen molar-refractivity contribution in [2.75, 3.05) is 7.05 Å². The molecule has 0 bridgehead atoms. The molecule has 42 valence electrons. The van der Waals surface area contributed by atoms with Crippen LogP contribution in [0.4, 0.5) is 0 Å². The molecule has 0 aliphatic heterocycles. The highest BCUT2D eigenvalue weighted by Crippen LogP contribution is 1.79. The Kier molecular flexibility index (Phi) is 3.34. The normalized spacial score (nSPS) is 11.8. The third kappa shape index (κ3) is 2.04. The highest BCUT2D eigenvalue weighted by atomic mass is 14.6. The van der Waals surface area contributed by atoms with E-state index in [-0.39, 0.29) is 0 Å². The van der Waals surface area contributed by atoms with Crippen LogP contribution in [0.5, 0.6) is 0 Å². The summed E-state index contributed by atoms with van der Waals surface area (Å²) in [6.07, 6.45) is 7.85.